The van der Waals surface area contributed by atoms with Crippen LogP contribution in [0, 0.1) is 17.1 Å². The largest absolute Gasteiger partial charge is 0.459 e. The Hall–Kier alpha value is -2.15. The minimum atomic E-state index is -0.745. The molecule has 0 aliphatic rings. The molecule has 0 fully saturated rings. The summed E-state index contributed by atoms with van der Waals surface area (Å²) in [6.45, 7) is 3.35. The lowest BCUT2D eigenvalue weighted by molar-refractivity contribution is -0.142. The summed E-state index contributed by atoms with van der Waals surface area (Å²) in [5, 5.41) is 8.82. The number of hydrogen-bond donors (Lipinski definition) is 0. The van der Waals surface area contributed by atoms with Crippen molar-refractivity contribution in [2.24, 2.45) is 0 Å². The van der Waals surface area contributed by atoms with E-state index in [-0.39, 0.29) is 17.2 Å². The molecule has 4 heteroatoms. The number of halogens is 1. The topological polar surface area (TPSA) is 50.1 Å². The van der Waals surface area contributed by atoms with Crippen LogP contribution in [0.3, 0.4) is 0 Å². The molecule has 0 aliphatic heterocycles. The van der Waals surface area contributed by atoms with Gasteiger partial charge in [0, 0.05) is 5.56 Å². The van der Waals surface area contributed by atoms with Gasteiger partial charge < -0.3 is 4.74 Å². The maximum atomic E-state index is 13.3. The van der Waals surface area contributed by atoms with Crippen LogP contribution < -0.4 is 0 Å². The summed E-state index contributed by atoms with van der Waals surface area (Å²) in [6, 6.07) is 7.60. The number of nitriles is 1. The standard InChI is InChI=1S/C13H12FNO2/c1-9(2)17-13(16)11(8-15)7-10-5-3-4-6-12(10)14/h3-7,9H,1-2H3/b11-7-. The van der Waals surface area contributed by atoms with Gasteiger partial charge >= 0.3 is 5.97 Å². The fourth-order valence-electron chi connectivity index (χ4n) is 1.16. The average Bonchev–Trinajstić information content (AvgIpc) is 2.27. The zero-order chi connectivity index (χ0) is 12.8. The lowest BCUT2D eigenvalue weighted by atomic mass is 10.1. The van der Waals surface area contributed by atoms with Gasteiger partial charge in [-0.25, -0.2) is 9.18 Å². The minimum absolute atomic E-state index is 0.185. The van der Waals surface area contributed by atoms with Gasteiger partial charge in [0.25, 0.3) is 0 Å². The molecule has 1 aromatic rings. The highest BCUT2D eigenvalue weighted by Crippen LogP contribution is 2.12. The third kappa shape index (κ3) is 3.72. The van der Waals surface area contributed by atoms with Crippen LogP contribution in [-0.2, 0) is 9.53 Å². The van der Waals surface area contributed by atoms with Crippen molar-refractivity contribution in [1.82, 2.24) is 0 Å². The number of rotatable bonds is 3. The van der Waals surface area contributed by atoms with Crippen LogP contribution in [0.25, 0.3) is 6.08 Å². The molecule has 0 spiro atoms. The second-order valence-corrected chi connectivity index (χ2v) is 3.65. The summed E-state index contributed by atoms with van der Waals surface area (Å²) in [4.78, 5) is 11.5. The highest BCUT2D eigenvalue weighted by Gasteiger charge is 2.13. The number of carbonyl (C=O) groups is 1. The average molecular weight is 233 g/mol. The molecule has 0 heterocycles. The molecule has 0 N–H and O–H groups in total. The van der Waals surface area contributed by atoms with Crippen LogP contribution in [-0.4, -0.2) is 12.1 Å². The Morgan fingerprint density at radius 2 is 2.12 bits per heavy atom. The molecule has 0 saturated carbocycles. The van der Waals surface area contributed by atoms with Crippen molar-refractivity contribution in [3.05, 3.63) is 41.2 Å². The Morgan fingerprint density at radius 3 is 2.65 bits per heavy atom. The van der Waals surface area contributed by atoms with Gasteiger partial charge in [-0.3, -0.25) is 0 Å². The van der Waals surface area contributed by atoms with Crippen molar-refractivity contribution in [2.75, 3.05) is 0 Å². The van der Waals surface area contributed by atoms with E-state index in [1.165, 1.54) is 24.3 Å². The van der Waals surface area contributed by atoms with Crippen LogP contribution in [0.1, 0.15) is 19.4 Å². The molecule has 1 rings (SSSR count). The van der Waals surface area contributed by atoms with E-state index in [9.17, 15) is 9.18 Å². The highest BCUT2D eigenvalue weighted by molar-refractivity contribution is 5.97. The van der Waals surface area contributed by atoms with Crippen molar-refractivity contribution < 1.29 is 13.9 Å². The second-order valence-electron chi connectivity index (χ2n) is 3.65. The van der Waals surface area contributed by atoms with Crippen molar-refractivity contribution in [1.29, 1.82) is 5.26 Å². The lowest BCUT2D eigenvalue weighted by Crippen LogP contribution is -2.12. The molecular formula is C13H12FNO2. The quantitative estimate of drug-likeness (QED) is 0.458. The minimum Gasteiger partial charge on any atom is -0.459 e. The summed E-state index contributed by atoms with van der Waals surface area (Å²) in [5.74, 6) is -1.23. The normalized spacial score (nSPS) is 11.1. The number of benzene rings is 1. The van der Waals surface area contributed by atoms with Gasteiger partial charge in [-0.15, -0.1) is 0 Å². The Morgan fingerprint density at radius 1 is 1.47 bits per heavy atom. The van der Waals surface area contributed by atoms with Gasteiger partial charge in [0.15, 0.2) is 0 Å². The molecule has 0 saturated heterocycles. The van der Waals surface area contributed by atoms with Crippen LogP contribution in [0.5, 0.6) is 0 Å². The molecule has 0 atom stereocenters. The van der Waals surface area contributed by atoms with Gasteiger partial charge in [0.05, 0.1) is 6.10 Å². The molecule has 0 aromatic heterocycles. The first-order valence-corrected chi connectivity index (χ1v) is 5.12. The van der Waals surface area contributed by atoms with Crippen LogP contribution >= 0.6 is 0 Å². The number of hydrogen-bond acceptors (Lipinski definition) is 3. The molecule has 0 unspecified atom stereocenters. The van der Waals surface area contributed by atoms with E-state index in [4.69, 9.17) is 10.00 Å². The third-order valence-electron chi connectivity index (χ3n) is 1.89. The molecule has 17 heavy (non-hydrogen) atoms. The predicted octanol–water partition coefficient (Wildman–Crippen LogP) is 2.68. The predicted molar refractivity (Wildman–Crippen MR) is 61.2 cm³/mol. The smallest absolute Gasteiger partial charge is 0.349 e. The van der Waals surface area contributed by atoms with E-state index in [2.05, 4.69) is 0 Å². The SMILES string of the molecule is CC(C)OC(=O)/C(C#N)=C\c1ccccc1F. The number of nitrogens with zero attached hydrogens (tertiary/aromatic N) is 1. The van der Waals surface area contributed by atoms with Crippen molar-refractivity contribution in [2.45, 2.75) is 20.0 Å². The zero-order valence-electron chi connectivity index (χ0n) is 9.61. The van der Waals surface area contributed by atoms with Crippen molar-refractivity contribution >= 4 is 12.0 Å². The highest BCUT2D eigenvalue weighted by atomic mass is 19.1. The van der Waals surface area contributed by atoms with Gasteiger partial charge in [-0.2, -0.15) is 5.26 Å². The van der Waals surface area contributed by atoms with E-state index < -0.39 is 11.8 Å². The first kappa shape index (κ1) is 12.9. The number of esters is 1. The summed E-state index contributed by atoms with van der Waals surface area (Å²) in [6.07, 6.45) is 0.861. The third-order valence-corrected chi connectivity index (χ3v) is 1.89. The molecule has 0 radical (unpaired) electrons. The molecule has 88 valence electrons. The molecule has 0 amide bonds. The molecular weight excluding hydrogens is 221 g/mol. The van der Waals surface area contributed by atoms with Gasteiger partial charge in [-0.05, 0) is 26.0 Å². The molecule has 1 aromatic carbocycles. The van der Waals surface area contributed by atoms with Gasteiger partial charge in [0.1, 0.15) is 17.5 Å². The van der Waals surface area contributed by atoms with E-state index in [1.807, 2.05) is 0 Å². The summed E-state index contributed by atoms with van der Waals surface area (Å²) < 4.78 is 18.2. The van der Waals surface area contributed by atoms with E-state index in [0.717, 1.165) is 0 Å². The summed E-state index contributed by atoms with van der Waals surface area (Å²) in [7, 11) is 0. The van der Waals surface area contributed by atoms with Crippen molar-refractivity contribution in [3.8, 4) is 6.07 Å². The van der Waals surface area contributed by atoms with Crippen molar-refractivity contribution in [3.63, 3.8) is 0 Å². The van der Waals surface area contributed by atoms with E-state index >= 15 is 0 Å². The number of carbonyl (C=O) groups excluding carboxylic acids is 1. The molecule has 3 nitrogen and oxygen atoms in total. The van der Waals surface area contributed by atoms with Gasteiger partial charge in [0.2, 0.25) is 0 Å². The zero-order valence-corrected chi connectivity index (χ0v) is 9.61. The molecule has 0 aliphatic carbocycles. The van der Waals surface area contributed by atoms with Crippen LogP contribution in [0.2, 0.25) is 0 Å². The first-order valence-electron chi connectivity index (χ1n) is 5.12. The van der Waals surface area contributed by atoms with Gasteiger partial charge in [-0.1, -0.05) is 18.2 Å². The number of ether oxygens (including phenoxy) is 1. The second kappa shape index (κ2) is 5.80. The molecule has 0 bridgehead atoms. The van der Waals surface area contributed by atoms with E-state index in [1.54, 1.807) is 26.0 Å². The fourth-order valence-corrected chi connectivity index (χ4v) is 1.16. The summed E-state index contributed by atoms with van der Waals surface area (Å²) in [5.41, 5.74) is -0.0337. The van der Waals surface area contributed by atoms with Crippen LogP contribution in [0.15, 0.2) is 29.8 Å². The van der Waals surface area contributed by atoms with E-state index in [0.29, 0.717) is 0 Å². The Bertz CT molecular complexity index is 486. The Kier molecular flexibility index (Phi) is 4.41. The monoisotopic (exact) mass is 233 g/mol. The van der Waals surface area contributed by atoms with Crippen LogP contribution in [0.4, 0.5) is 4.39 Å². The Labute approximate surface area is 99.1 Å². The Balaban J connectivity index is 3.00. The lowest BCUT2D eigenvalue weighted by Gasteiger charge is -2.06. The maximum absolute atomic E-state index is 13.3. The maximum Gasteiger partial charge on any atom is 0.349 e. The first-order chi connectivity index (χ1) is 8.04. The fraction of sp³-hybridized carbons (Fsp3) is 0.231. The summed E-state index contributed by atoms with van der Waals surface area (Å²) >= 11 is 0.